The molecule has 0 radical (unpaired) electrons. The zero-order valence-corrected chi connectivity index (χ0v) is 16.7. The molecule has 0 aromatic heterocycles. The molecule has 27 heavy (non-hydrogen) atoms. The fourth-order valence-corrected chi connectivity index (χ4v) is 5.50. The van der Waals surface area contributed by atoms with Crippen molar-refractivity contribution in [2.24, 2.45) is 5.92 Å². The summed E-state index contributed by atoms with van der Waals surface area (Å²) in [5.41, 5.74) is -0.224. The second-order valence-electron chi connectivity index (χ2n) is 8.00. The van der Waals surface area contributed by atoms with E-state index in [0.29, 0.717) is 30.3 Å². The number of benzene rings is 1. The zero-order valence-electron chi connectivity index (χ0n) is 15.9. The third kappa shape index (κ3) is 4.31. The van der Waals surface area contributed by atoms with Gasteiger partial charge >= 0.3 is 0 Å². The molecule has 1 aromatic rings. The number of rotatable bonds is 6. The molecule has 1 saturated carbocycles. The quantitative estimate of drug-likeness (QED) is 0.741. The van der Waals surface area contributed by atoms with Gasteiger partial charge in [-0.25, -0.2) is 8.42 Å². The first-order valence-corrected chi connectivity index (χ1v) is 11.3. The predicted octanol–water partition coefficient (Wildman–Crippen LogP) is 2.82. The SMILES string of the molecule is COc1ccc(S(=O)(=O)N2CCC3(CC2)CC(OCC2CC2)CCO3)cc1. The van der Waals surface area contributed by atoms with Crippen LogP contribution in [0.3, 0.4) is 0 Å². The predicted molar refractivity (Wildman–Crippen MR) is 101 cm³/mol. The van der Waals surface area contributed by atoms with Crippen LogP contribution in [0.2, 0.25) is 0 Å². The van der Waals surface area contributed by atoms with Crippen LogP contribution in [0.5, 0.6) is 5.75 Å². The van der Waals surface area contributed by atoms with E-state index in [9.17, 15) is 8.42 Å². The highest BCUT2D eigenvalue weighted by molar-refractivity contribution is 7.89. The highest BCUT2D eigenvalue weighted by atomic mass is 32.2. The van der Waals surface area contributed by atoms with Crippen LogP contribution < -0.4 is 4.74 Å². The van der Waals surface area contributed by atoms with Crippen molar-refractivity contribution in [3.63, 3.8) is 0 Å². The maximum Gasteiger partial charge on any atom is 0.243 e. The summed E-state index contributed by atoms with van der Waals surface area (Å²) in [6.45, 7) is 2.56. The van der Waals surface area contributed by atoms with Crippen LogP contribution in [0.15, 0.2) is 29.2 Å². The highest BCUT2D eigenvalue weighted by Crippen LogP contribution is 2.38. The molecule has 0 N–H and O–H groups in total. The third-order valence-electron chi connectivity index (χ3n) is 6.04. The van der Waals surface area contributed by atoms with Gasteiger partial charge in [-0.3, -0.25) is 0 Å². The van der Waals surface area contributed by atoms with Crippen molar-refractivity contribution in [3.8, 4) is 5.75 Å². The molecule has 1 spiro atoms. The number of nitrogens with zero attached hydrogens (tertiary/aromatic N) is 1. The number of ether oxygens (including phenoxy) is 3. The molecule has 6 nitrogen and oxygen atoms in total. The first kappa shape index (κ1) is 19.2. The number of piperidine rings is 1. The van der Waals surface area contributed by atoms with Crippen molar-refractivity contribution in [2.75, 3.05) is 33.4 Å². The largest absolute Gasteiger partial charge is 0.497 e. The fourth-order valence-electron chi connectivity index (χ4n) is 4.06. The van der Waals surface area contributed by atoms with Gasteiger partial charge in [0.2, 0.25) is 10.0 Å². The van der Waals surface area contributed by atoms with Crippen molar-refractivity contribution in [2.45, 2.75) is 55.1 Å². The second-order valence-corrected chi connectivity index (χ2v) is 9.94. The van der Waals surface area contributed by atoms with Gasteiger partial charge < -0.3 is 14.2 Å². The summed E-state index contributed by atoms with van der Waals surface area (Å²) < 4.78 is 44.8. The van der Waals surface area contributed by atoms with E-state index in [1.807, 2.05) is 0 Å². The second kappa shape index (κ2) is 7.70. The van der Waals surface area contributed by atoms with E-state index in [0.717, 1.165) is 38.2 Å². The van der Waals surface area contributed by atoms with Crippen LogP contribution in [0.25, 0.3) is 0 Å². The molecule has 0 amide bonds. The Morgan fingerprint density at radius 2 is 1.85 bits per heavy atom. The molecule has 2 heterocycles. The molecule has 1 aliphatic carbocycles. The van der Waals surface area contributed by atoms with Gasteiger partial charge in [0.05, 0.1) is 23.7 Å². The van der Waals surface area contributed by atoms with Gasteiger partial charge in [-0.05, 0) is 62.3 Å². The molecule has 1 atom stereocenters. The van der Waals surface area contributed by atoms with Gasteiger partial charge in [0.1, 0.15) is 5.75 Å². The molecule has 1 unspecified atom stereocenters. The maximum absolute atomic E-state index is 12.9. The van der Waals surface area contributed by atoms with E-state index < -0.39 is 10.0 Å². The Kier molecular flexibility index (Phi) is 5.47. The lowest BCUT2D eigenvalue weighted by Gasteiger charge is -2.45. The summed E-state index contributed by atoms with van der Waals surface area (Å²) in [6.07, 6.45) is 6.14. The molecule has 2 aliphatic heterocycles. The lowest BCUT2D eigenvalue weighted by molar-refractivity contribution is -0.151. The van der Waals surface area contributed by atoms with Crippen molar-refractivity contribution in [3.05, 3.63) is 24.3 Å². The molecule has 0 bridgehead atoms. The number of sulfonamides is 1. The van der Waals surface area contributed by atoms with E-state index >= 15 is 0 Å². The average molecular weight is 396 g/mol. The summed E-state index contributed by atoms with van der Waals surface area (Å²) in [7, 11) is -1.91. The number of hydrogen-bond acceptors (Lipinski definition) is 5. The van der Waals surface area contributed by atoms with Crippen molar-refractivity contribution in [1.82, 2.24) is 4.31 Å². The van der Waals surface area contributed by atoms with Crippen LogP contribution in [0.4, 0.5) is 0 Å². The summed E-state index contributed by atoms with van der Waals surface area (Å²) in [5, 5.41) is 0. The fraction of sp³-hybridized carbons (Fsp3) is 0.700. The summed E-state index contributed by atoms with van der Waals surface area (Å²) >= 11 is 0. The molecular weight excluding hydrogens is 366 g/mol. The Morgan fingerprint density at radius 1 is 1.15 bits per heavy atom. The standard InChI is InChI=1S/C20H29NO5S/c1-24-17-4-6-19(7-5-17)27(22,23)21-11-9-20(10-12-21)14-18(8-13-26-20)25-15-16-2-3-16/h4-7,16,18H,2-3,8-15H2,1H3. The van der Waals surface area contributed by atoms with Crippen molar-refractivity contribution >= 4 is 10.0 Å². The molecule has 2 saturated heterocycles. The van der Waals surface area contributed by atoms with Crippen LogP contribution in [0.1, 0.15) is 38.5 Å². The maximum atomic E-state index is 12.9. The molecule has 150 valence electrons. The van der Waals surface area contributed by atoms with Crippen LogP contribution in [-0.2, 0) is 19.5 Å². The third-order valence-corrected chi connectivity index (χ3v) is 7.96. The van der Waals surface area contributed by atoms with Crippen LogP contribution >= 0.6 is 0 Å². The summed E-state index contributed by atoms with van der Waals surface area (Å²) in [4.78, 5) is 0.314. The molecule has 7 heteroatoms. The minimum absolute atomic E-state index is 0.224. The average Bonchev–Trinajstić information content (AvgIpc) is 3.51. The lowest BCUT2D eigenvalue weighted by atomic mass is 9.84. The van der Waals surface area contributed by atoms with Gasteiger partial charge in [-0.1, -0.05) is 0 Å². The highest BCUT2D eigenvalue weighted by Gasteiger charge is 2.43. The normalized spacial score (nSPS) is 26.2. The Morgan fingerprint density at radius 3 is 2.48 bits per heavy atom. The summed E-state index contributed by atoms with van der Waals surface area (Å²) in [5.74, 6) is 1.42. The molecule has 4 rings (SSSR count). The molecular formula is C20H29NO5S. The van der Waals surface area contributed by atoms with Gasteiger partial charge in [0.25, 0.3) is 0 Å². The van der Waals surface area contributed by atoms with Gasteiger partial charge in [-0.2, -0.15) is 4.31 Å². The van der Waals surface area contributed by atoms with Gasteiger partial charge in [0, 0.05) is 32.7 Å². The first-order valence-electron chi connectivity index (χ1n) is 9.91. The van der Waals surface area contributed by atoms with Gasteiger partial charge in [-0.15, -0.1) is 0 Å². The smallest absolute Gasteiger partial charge is 0.243 e. The van der Waals surface area contributed by atoms with E-state index in [2.05, 4.69) is 0 Å². The number of methoxy groups -OCH3 is 1. The lowest BCUT2D eigenvalue weighted by Crippen LogP contribution is -2.52. The molecule has 3 fully saturated rings. The summed E-state index contributed by atoms with van der Waals surface area (Å²) in [6, 6.07) is 6.59. The minimum atomic E-state index is -3.48. The van der Waals surface area contributed by atoms with Crippen LogP contribution in [-0.4, -0.2) is 57.8 Å². The monoisotopic (exact) mass is 395 g/mol. The Labute approximate surface area is 161 Å². The first-order chi connectivity index (χ1) is 13.0. The Hall–Kier alpha value is -1.15. The van der Waals surface area contributed by atoms with Gasteiger partial charge in [0.15, 0.2) is 0 Å². The Bertz CT molecular complexity index is 736. The van der Waals surface area contributed by atoms with Crippen LogP contribution in [0, 0.1) is 5.92 Å². The molecule has 3 aliphatic rings. The molecule has 1 aromatic carbocycles. The zero-order chi connectivity index (χ0) is 18.9. The topological polar surface area (TPSA) is 65.1 Å². The number of hydrogen-bond donors (Lipinski definition) is 0. The Balaban J connectivity index is 1.36. The van der Waals surface area contributed by atoms with E-state index in [4.69, 9.17) is 14.2 Å². The van der Waals surface area contributed by atoms with E-state index in [1.54, 1.807) is 35.7 Å². The van der Waals surface area contributed by atoms with E-state index in [1.165, 1.54) is 12.8 Å². The van der Waals surface area contributed by atoms with Crippen molar-refractivity contribution in [1.29, 1.82) is 0 Å². The van der Waals surface area contributed by atoms with Crippen molar-refractivity contribution < 1.29 is 22.6 Å². The van der Waals surface area contributed by atoms with E-state index in [-0.39, 0.29) is 11.7 Å². The minimum Gasteiger partial charge on any atom is -0.497 e.